The first-order valence-corrected chi connectivity index (χ1v) is 10.0. The molecule has 5 nitrogen and oxygen atoms in total. The van der Waals surface area contributed by atoms with Gasteiger partial charge in [-0.3, -0.25) is 9.69 Å². The molecule has 2 aromatic rings. The highest BCUT2D eigenvalue weighted by molar-refractivity contribution is 6.35. The molecule has 1 fully saturated rings. The SMILES string of the molecule is O=C(O)C1CCN(C2COc3cc(OCc4c(Cl)cccc4Cl)ccc3C2)C1. The Bertz CT molecular complexity index is 868. The molecule has 2 unspecified atom stereocenters. The molecule has 2 aliphatic heterocycles. The number of carbonyl (C=O) groups is 1. The number of hydrogen-bond donors (Lipinski definition) is 1. The number of rotatable bonds is 5. The highest BCUT2D eigenvalue weighted by atomic mass is 35.5. The first-order valence-electron chi connectivity index (χ1n) is 9.29. The molecule has 4 rings (SSSR count). The minimum Gasteiger partial charge on any atom is -0.492 e. The fourth-order valence-corrected chi connectivity index (χ4v) is 4.31. The summed E-state index contributed by atoms with van der Waals surface area (Å²) in [5.41, 5.74) is 1.87. The average Bonchev–Trinajstić information content (AvgIpc) is 3.18. The topological polar surface area (TPSA) is 59.0 Å². The Kier molecular flexibility index (Phi) is 5.67. The minimum absolute atomic E-state index is 0.213. The molecule has 0 amide bonds. The summed E-state index contributed by atoms with van der Waals surface area (Å²) in [6, 6.07) is 11.4. The summed E-state index contributed by atoms with van der Waals surface area (Å²) in [4.78, 5) is 13.4. The van der Waals surface area contributed by atoms with Crippen molar-refractivity contribution in [3.05, 3.63) is 57.6 Å². The highest BCUT2D eigenvalue weighted by Gasteiger charge is 2.34. The number of hydrogen-bond acceptors (Lipinski definition) is 4. The van der Waals surface area contributed by atoms with Gasteiger partial charge in [0.1, 0.15) is 24.7 Å². The monoisotopic (exact) mass is 421 g/mol. The van der Waals surface area contributed by atoms with E-state index >= 15 is 0 Å². The first kappa shape index (κ1) is 19.4. The van der Waals surface area contributed by atoms with Crippen LogP contribution >= 0.6 is 23.2 Å². The molecule has 2 atom stereocenters. The second-order valence-corrected chi connectivity index (χ2v) is 8.06. The van der Waals surface area contributed by atoms with Gasteiger partial charge in [-0.25, -0.2) is 0 Å². The summed E-state index contributed by atoms with van der Waals surface area (Å²) in [5.74, 6) is 0.530. The summed E-state index contributed by atoms with van der Waals surface area (Å²) < 4.78 is 11.8. The number of fused-ring (bicyclic) bond motifs is 1. The van der Waals surface area contributed by atoms with E-state index in [0.717, 1.165) is 29.8 Å². The molecule has 28 heavy (non-hydrogen) atoms. The molecule has 148 valence electrons. The summed E-state index contributed by atoms with van der Waals surface area (Å²) in [5, 5.41) is 10.4. The van der Waals surface area contributed by atoms with Crippen LogP contribution in [0.15, 0.2) is 36.4 Å². The van der Waals surface area contributed by atoms with Crippen LogP contribution < -0.4 is 9.47 Å². The fraction of sp³-hybridized carbons (Fsp3) is 0.381. The third-order valence-corrected chi connectivity index (χ3v) is 6.16. The first-order chi connectivity index (χ1) is 13.5. The molecule has 7 heteroatoms. The number of nitrogens with zero attached hydrogens (tertiary/aromatic N) is 1. The summed E-state index contributed by atoms with van der Waals surface area (Å²) >= 11 is 12.4. The van der Waals surface area contributed by atoms with Crippen LogP contribution in [0.3, 0.4) is 0 Å². The standard InChI is InChI=1S/C21H21Cl2NO4/c22-18-2-1-3-19(23)17(18)12-27-16-5-4-13-8-15(11-28-20(13)9-16)24-7-6-14(10-24)21(25)26/h1-5,9,14-15H,6-8,10-12H2,(H,25,26). The Hall–Kier alpha value is -1.95. The van der Waals surface area contributed by atoms with Gasteiger partial charge in [0.2, 0.25) is 0 Å². The molecular formula is C21H21Cl2NO4. The summed E-state index contributed by atoms with van der Waals surface area (Å²) in [6.45, 7) is 2.24. The van der Waals surface area contributed by atoms with Gasteiger partial charge in [0.25, 0.3) is 0 Å². The van der Waals surface area contributed by atoms with Crippen LogP contribution in [0, 0.1) is 5.92 Å². The number of carboxylic acid groups (broad SMARTS) is 1. The summed E-state index contributed by atoms with van der Waals surface area (Å²) in [7, 11) is 0. The second-order valence-electron chi connectivity index (χ2n) is 7.25. The van der Waals surface area contributed by atoms with Crippen molar-refractivity contribution in [2.75, 3.05) is 19.7 Å². The summed E-state index contributed by atoms with van der Waals surface area (Å²) in [6.07, 6.45) is 1.55. The van der Waals surface area contributed by atoms with Crippen molar-refractivity contribution < 1.29 is 19.4 Å². The van der Waals surface area contributed by atoms with Crippen molar-refractivity contribution in [1.82, 2.24) is 4.90 Å². The minimum atomic E-state index is -0.708. The molecule has 0 radical (unpaired) electrons. The van der Waals surface area contributed by atoms with E-state index in [2.05, 4.69) is 4.90 Å². The van der Waals surface area contributed by atoms with Gasteiger partial charge >= 0.3 is 5.97 Å². The van der Waals surface area contributed by atoms with Gasteiger partial charge in [-0.15, -0.1) is 0 Å². The van der Waals surface area contributed by atoms with Gasteiger partial charge in [0, 0.05) is 34.3 Å². The lowest BCUT2D eigenvalue weighted by Crippen LogP contribution is -2.42. The predicted molar refractivity (Wildman–Crippen MR) is 108 cm³/mol. The molecule has 1 saturated heterocycles. The molecule has 2 aliphatic rings. The Balaban J connectivity index is 1.40. The zero-order valence-electron chi connectivity index (χ0n) is 15.2. The van der Waals surface area contributed by atoms with Gasteiger partial charge in [-0.1, -0.05) is 35.3 Å². The Morgan fingerprint density at radius 1 is 1.25 bits per heavy atom. The maximum atomic E-state index is 11.2. The zero-order chi connectivity index (χ0) is 19.7. The van der Waals surface area contributed by atoms with Crippen LogP contribution in [0.25, 0.3) is 0 Å². The van der Waals surface area contributed by atoms with E-state index in [1.54, 1.807) is 18.2 Å². The van der Waals surface area contributed by atoms with Crippen LogP contribution in [0.4, 0.5) is 0 Å². The largest absolute Gasteiger partial charge is 0.492 e. The van der Waals surface area contributed by atoms with Gasteiger partial charge in [-0.2, -0.15) is 0 Å². The van der Waals surface area contributed by atoms with E-state index in [1.165, 1.54) is 0 Å². The third-order valence-electron chi connectivity index (χ3n) is 5.46. The predicted octanol–water partition coefficient (Wildman–Crippen LogP) is 4.28. The number of carboxylic acids is 1. The number of likely N-dealkylation sites (tertiary alicyclic amines) is 1. The van der Waals surface area contributed by atoms with Crippen molar-refractivity contribution in [3.8, 4) is 11.5 Å². The second kappa shape index (κ2) is 8.19. The lowest BCUT2D eigenvalue weighted by atomic mass is 10.0. The van der Waals surface area contributed by atoms with Crippen LogP contribution in [-0.2, 0) is 17.8 Å². The molecule has 0 bridgehead atoms. The van der Waals surface area contributed by atoms with E-state index in [-0.39, 0.29) is 18.6 Å². The maximum absolute atomic E-state index is 11.2. The molecule has 1 N–H and O–H groups in total. The fourth-order valence-electron chi connectivity index (χ4n) is 3.81. The number of aliphatic carboxylic acids is 1. The third kappa shape index (κ3) is 4.07. The Morgan fingerprint density at radius 2 is 2.04 bits per heavy atom. The van der Waals surface area contributed by atoms with Crippen molar-refractivity contribution in [2.45, 2.75) is 25.5 Å². The Morgan fingerprint density at radius 3 is 2.75 bits per heavy atom. The van der Waals surface area contributed by atoms with Crippen LogP contribution in [0.2, 0.25) is 10.0 Å². The van der Waals surface area contributed by atoms with Gasteiger partial charge in [0.15, 0.2) is 0 Å². The molecule has 0 aromatic heterocycles. The van der Waals surface area contributed by atoms with E-state index in [9.17, 15) is 9.90 Å². The van der Waals surface area contributed by atoms with Gasteiger partial charge in [-0.05, 0) is 43.1 Å². The smallest absolute Gasteiger partial charge is 0.307 e. The molecule has 0 spiro atoms. The lowest BCUT2D eigenvalue weighted by molar-refractivity contribution is -0.141. The van der Waals surface area contributed by atoms with Crippen LogP contribution in [0.5, 0.6) is 11.5 Å². The van der Waals surface area contributed by atoms with E-state index in [0.29, 0.717) is 35.4 Å². The maximum Gasteiger partial charge on any atom is 0.307 e. The van der Waals surface area contributed by atoms with E-state index in [4.69, 9.17) is 32.7 Å². The molecule has 2 aromatic carbocycles. The number of ether oxygens (including phenoxy) is 2. The normalized spacial score (nSPS) is 21.8. The van der Waals surface area contributed by atoms with Gasteiger partial charge < -0.3 is 14.6 Å². The number of benzene rings is 2. The van der Waals surface area contributed by atoms with Gasteiger partial charge in [0.05, 0.1) is 5.92 Å². The molecule has 0 aliphatic carbocycles. The quantitative estimate of drug-likeness (QED) is 0.780. The number of halogens is 2. The zero-order valence-corrected chi connectivity index (χ0v) is 16.7. The molecule has 0 saturated carbocycles. The van der Waals surface area contributed by atoms with Crippen molar-refractivity contribution in [1.29, 1.82) is 0 Å². The molecule has 2 heterocycles. The van der Waals surface area contributed by atoms with Crippen molar-refractivity contribution in [2.24, 2.45) is 5.92 Å². The van der Waals surface area contributed by atoms with E-state index in [1.807, 2.05) is 18.2 Å². The molecular weight excluding hydrogens is 401 g/mol. The van der Waals surface area contributed by atoms with Crippen LogP contribution in [-0.4, -0.2) is 41.7 Å². The lowest BCUT2D eigenvalue weighted by Gasteiger charge is -2.32. The van der Waals surface area contributed by atoms with E-state index < -0.39 is 5.97 Å². The van der Waals surface area contributed by atoms with Crippen molar-refractivity contribution >= 4 is 29.2 Å². The van der Waals surface area contributed by atoms with Crippen LogP contribution in [0.1, 0.15) is 17.5 Å². The Labute approximate surface area is 173 Å². The average molecular weight is 422 g/mol. The van der Waals surface area contributed by atoms with Crippen molar-refractivity contribution in [3.63, 3.8) is 0 Å². The highest BCUT2D eigenvalue weighted by Crippen LogP contribution is 2.33.